The molecule has 1 aliphatic rings. The fraction of sp³-hybridized carbons (Fsp3) is 0.500. The maximum atomic E-state index is 13.2. The molecule has 90 valence electrons. The van der Waals surface area contributed by atoms with Crippen LogP contribution in [0.25, 0.3) is 0 Å². The second-order valence-corrected chi connectivity index (χ2v) is 5.36. The molecule has 0 aliphatic carbocycles. The van der Waals surface area contributed by atoms with Gasteiger partial charge in [0, 0.05) is 18.8 Å². The lowest BCUT2D eigenvalue weighted by molar-refractivity contribution is 0.226. The molecule has 0 bridgehead atoms. The molecular formula is C14H17FN2. The van der Waals surface area contributed by atoms with Crippen molar-refractivity contribution in [3.63, 3.8) is 0 Å². The van der Waals surface area contributed by atoms with E-state index in [0.717, 1.165) is 25.2 Å². The van der Waals surface area contributed by atoms with E-state index in [1.54, 1.807) is 12.1 Å². The van der Waals surface area contributed by atoms with Crippen LogP contribution < -0.4 is 4.90 Å². The van der Waals surface area contributed by atoms with Crippen molar-refractivity contribution in [3.05, 3.63) is 30.1 Å². The van der Waals surface area contributed by atoms with Gasteiger partial charge in [-0.2, -0.15) is 5.26 Å². The van der Waals surface area contributed by atoms with E-state index >= 15 is 0 Å². The Labute approximate surface area is 102 Å². The number of anilines is 1. The second kappa shape index (κ2) is 4.37. The summed E-state index contributed by atoms with van der Waals surface area (Å²) in [6.07, 6.45) is 0.847. The molecule has 0 spiro atoms. The molecule has 2 nitrogen and oxygen atoms in total. The predicted molar refractivity (Wildman–Crippen MR) is 66.1 cm³/mol. The van der Waals surface area contributed by atoms with Gasteiger partial charge in [0.1, 0.15) is 5.82 Å². The highest BCUT2D eigenvalue weighted by molar-refractivity contribution is 5.47. The molecule has 1 aromatic carbocycles. The number of halogens is 1. The Morgan fingerprint density at radius 1 is 1.47 bits per heavy atom. The van der Waals surface area contributed by atoms with Crippen LogP contribution in [-0.2, 0) is 0 Å². The van der Waals surface area contributed by atoms with Crippen molar-refractivity contribution in [1.29, 1.82) is 5.26 Å². The van der Waals surface area contributed by atoms with Crippen LogP contribution in [0.2, 0.25) is 0 Å². The molecule has 1 aromatic rings. The van der Waals surface area contributed by atoms with Crippen LogP contribution in [0.3, 0.4) is 0 Å². The largest absolute Gasteiger partial charge is 0.371 e. The molecule has 0 radical (unpaired) electrons. The average molecular weight is 232 g/mol. The summed E-state index contributed by atoms with van der Waals surface area (Å²) >= 11 is 0. The van der Waals surface area contributed by atoms with Crippen LogP contribution in [0, 0.1) is 28.5 Å². The van der Waals surface area contributed by atoms with Crippen molar-refractivity contribution in [2.45, 2.75) is 20.3 Å². The number of nitriles is 1. The quantitative estimate of drug-likeness (QED) is 0.743. The highest BCUT2D eigenvalue weighted by Gasteiger charge is 2.35. The Bertz CT molecular complexity index is 448. The molecule has 1 unspecified atom stereocenters. The Morgan fingerprint density at radius 2 is 2.24 bits per heavy atom. The van der Waals surface area contributed by atoms with Crippen LogP contribution >= 0.6 is 0 Å². The van der Waals surface area contributed by atoms with E-state index < -0.39 is 0 Å². The molecule has 2 rings (SSSR count). The summed E-state index contributed by atoms with van der Waals surface area (Å²) in [5.74, 6) is -0.116. The lowest BCUT2D eigenvalue weighted by Gasteiger charge is -2.42. The van der Waals surface area contributed by atoms with Gasteiger partial charge in [0.05, 0.1) is 12.0 Å². The third kappa shape index (κ3) is 2.41. The number of piperidine rings is 1. The molecule has 1 aliphatic heterocycles. The summed E-state index contributed by atoms with van der Waals surface area (Å²) in [5, 5.41) is 9.10. The molecule has 17 heavy (non-hydrogen) atoms. The van der Waals surface area contributed by atoms with E-state index in [0.29, 0.717) is 0 Å². The molecule has 1 saturated heterocycles. The fourth-order valence-electron chi connectivity index (χ4n) is 2.49. The molecule has 1 heterocycles. The summed E-state index contributed by atoms with van der Waals surface area (Å²) in [4.78, 5) is 2.16. The van der Waals surface area contributed by atoms with Gasteiger partial charge in [-0.05, 0) is 30.0 Å². The first-order chi connectivity index (χ1) is 8.03. The topological polar surface area (TPSA) is 27.0 Å². The van der Waals surface area contributed by atoms with Gasteiger partial charge in [-0.1, -0.05) is 19.9 Å². The van der Waals surface area contributed by atoms with Crippen LogP contribution in [0.15, 0.2) is 24.3 Å². The van der Waals surface area contributed by atoms with E-state index in [1.807, 2.05) is 6.07 Å². The van der Waals surface area contributed by atoms with Gasteiger partial charge in [-0.25, -0.2) is 4.39 Å². The van der Waals surface area contributed by atoms with Crippen LogP contribution in [-0.4, -0.2) is 13.1 Å². The smallest absolute Gasteiger partial charge is 0.125 e. The van der Waals surface area contributed by atoms with E-state index in [4.69, 9.17) is 5.26 Å². The Kier molecular flexibility index (Phi) is 3.06. The maximum Gasteiger partial charge on any atom is 0.125 e. The number of nitrogens with zero attached hydrogens (tertiary/aromatic N) is 2. The van der Waals surface area contributed by atoms with E-state index in [1.165, 1.54) is 6.07 Å². The molecule has 0 aromatic heterocycles. The van der Waals surface area contributed by atoms with Gasteiger partial charge in [0.2, 0.25) is 0 Å². The van der Waals surface area contributed by atoms with Crippen molar-refractivity contribution >= 4 is 5.69 Å². The fourth-order valence-corrected chi connectivity index (χ4v) is 2.49. The monoisotopic (exact) mass is 232 g/mol. The predicted octanol–water partition coefficient (Wildman–Crippen LogP) is 3.20. The van der Waals surface area contributed by atoms with Gasteiger partial charge in [0.25, 0.3) is 0 Å². The second-order valence-electron chi connectivity index (χ2n) is 5.36. The molecule has 3 heteroatoms. The highest BCUT2D eigenvalue weighted by atomic mass is 19.1. The maximum absolute atomic E-state index is 13.2. The zero-order valence-electron chi connectivity index (χ0n) is 10.3. The van der Waals surface area contributed by atoms with Crippen molar-refractivity contribution in [1.82, 2.24) is 0 Å². The molecule has 0 N–H and O–H groups in total. The number of rotatable bonds is 1. The normalized spacial score (nSPS) is 23.2. The van der Waals surface area contributed by atoms with Gasteiger partial charge in [0.15, 0.2) is 0 Å². The number of hydrogen-bond acceptors (Lipinski definition) is 2. The first-order valence-electron chi connectivity index (χ1n) is 5.93. The zero-order chi connectivity index (χ0) is 12.5. The summed E-state index contributed by atoms with van der Waals surface area (Å²) in [6, 6.07) is 9.04. The van der Waals surface area contributed by atoms with Gasteiger partial charge < -0.3 is 4.90 Å². The standard InChI is InChI=1S/C14H17FN2/c1-14(2)10-17(7-6-11(14)9-16)13-5-3-4-12(15)8-13/h3-5,8,11H,6-7,10H2,1-2H3. The number of benzene rings is 1. The lowest BCUT2D eigenvalue weighted by Crippen LogP contribution is -2.45. The molecular weight excluding hydrogens is 215 g/mol. The molecule has 1 atom stereocenters. The Balaban J connectivity index is 2.19. The van der Waals surface area contributed by atoms with Crippen molar-refractivity contribution in [2.75, 3.05) is 18.0 Å². The molecule has 1 fully saturated rings. The van der Waals surface area contributed by atoms with Gasteiger partial charge in [-0.3, -0.25) is 0 Å². The van der Waals surface area contributed by atoms with Gasteiger partial charge >= 0.3 is 0 Å². The van der Waals surface area contributed by atoms with Gasteiger partial charge in [-0.15, -0.1) is 0 Å². The third-order valence-corrected chi connectivity index (χ3v) is 3.56. The minimum Gasteiger partial charge on any atom is -0.371 e. The van der Waals surface area contributed by atoms with E-state index in [9.17, 15) is 4.39 Å². The Hall–Kier alpha value is -1.56. The highest BCUT2D eigenvalue weighted by Crippen LogP contribution is 2.36. The summed E-state index contributed by atoms with van der Waals surface area (Å²) < 4.78 is 13.2. The molecule has 0 saturated carbocycles. The van der Waals surface area contributed by atoms with Crippen LogP contribution in [0.1, 0.15) is 20.3 Å². The minimum absolute atomic E-state index is 0.0423. The van der Waals surface area contributed by atoms with Crippen LogP contribution in [0.4, 0.5) is 10.1 Å². The van der Waals surface area contributed by atoms with E-state index in [2.05, 4.69) is 24.8 Å². The first kappa shape index (κ1) is 11.9. The molecule has 0 amide bonds. The van der Waals surface area contributed by atoms with Crippen molar-refractivity contribution in [2.24, 2.45) is 11.3 Å². The average Bonchev–Trinajstić information content (AvgIpc) is 2.27. The van der Waals surface area contributed by atoms with E-state index in [-0.39, 0.29) is 17.2 Å². The summed E-state index contributed by atoms with van der Waals surface area (Å²) in [5.41, 5.74) is 0.869. The SMILES string of the molecule is CC1(C)CN(c2cccc(F)c2)CCC1C#N. The minimum atomic E-state index is -0.206. The van der Waals surface area contributed by atoms with Crippen molar-refractivity contribution < 1.29 is 4.39 Å². The van der Waals surface area contributed by atoms with Crippen molar-refractivity contribution in [3.8, 4) is 6.07 Å². The third-order valence-electron chi connectivity index (χ3n) is 3.56. The summed E-state index contributed by atoms with van der Waals surface area (Å²) in [7, 11) is 0. The first-order valence-corrected chi connectivity index (χ1v) is 5.93. The lowest BCUT2D eigenvalue weighted by atomic mass is 9.74. The van der Waals surface area contributed by atoms with Crippen LogP contribution in [0.5, 0.6) is 0 Å². The number of hydrogen-bond donors (Lipinski definition) is 0. The zero-order valence-corrected chi connectivity index (χ0v) is 10.3. The summed E-state index contributed by atoms with van der Waals surface area (Å²) in [6.45, 7) is 5.83. The Morgan fingerprint density at radius 3 is 2.82 bits per heavy atom.